The molecule has 0 bridgehead atoms. The second-order valence-electron chi connectivity index (χ2n) is 6.29. The number of aromatic carboxylic acids is 1. The lowest BCUT2D eigenvalue weighted by molar-refractivity contribution is 0.0696. The third kappa shape index (κ3) is 8.24. The molecule has 1 amide bonds. The highest BCUT2D eigenvalue weighted by Gasteiger charge is 2.06. The van der Waals surface area contributed by atoms with Crippen LogP contribution in [0.3, 0.4) is 0 Å². The van der Waals surface area contributed by atoms with E-state index in [-0.39, 0.29) is 5.91 Å². The topological polar surface area (TPSA) is 69.6 Å². The highest BCUT2D eigenvalue weighted by molar-refractivity contribution is 9.10. The van der Waals surface area contributed by atoms with E-state index in [0.717, 1.165) is 26.6 Å². The van der Waals surface area contributed by atoms with Crippen LogP contribution in [0.2, 0.25) is 0 Å². The third-order valence-electron chi connectivity index (χ3n) is 3.67. The van der Waals surface area contributed by atoms with Crippen LogP contribution in [-0.4, -0.2) is 49.1 Å². The smallest absolute Gasteiger partial charge is 0.335 e. The predicted octanol–water partition coefficient (Wildman–Crippen LogP) is 4.50. The first-order valence-corrected chi connectivity index (χ1v) is 9.89. The van der Waals surface area contributed by atoms with Crippen molar-refractivity contribution in [1.29, 1.82) is 0 Å². The third-order valence-corrected chi connectivity index (χ3v) is 5.45. The molecule has 0 fully saturated rings. The first kappa shape index (κ1) is 23.3. The lowest BCUT2D eigenvalue weighted by Gasteiger charge is -2.10. The van der Waals surface area contributed by atoms with E-state index in [1.54, 1.807) is 18.2 Å². The number of carboxylic acids is 1. The molecule has 7 heteroatoms. The summed E-state index contributed by atoms with van der Waals surface area (Å²) in [6.45, 7) is 5.35. The first-order chi connectivity index (χ1) is 12.6. The minimum absolute atomic E-state index is 0.0162. The second-order valence-corrected chi connectivity index (χ2v) is 8.00. The van der Waals surface area contributed by atoms with Crippen LogP contribution in [0.1, 0.15) is 31.8 Å². The molecular formula is C20H24Br2N2O3. The van der Waals surface area contributed by atoms with Gasteiger partial charge in [-0.2, -0.15) is 0 Å². The van der Waals surface area contributed by atoms with Gasteiger partial charge in [-0.05, 0) is 75.5 Å². The van der Waals surface area contributed by atoms with E-state index in [9.17, 15) is 9.59 Å². The van der Waals surface area contributed by atoms with Crippen LogP contribution in [0.5, 0.6) is 0 Å². The van der Waals surface area contributed by atoms with E-state index < -0.39 is 5.97 Å². The number of carboxylic acid groups (broad SMARTS) is 1. The van der Waals surface area contributed by atoms with E-state index in [2.05, 4.69) is 37.2 Å². The van der Waals surface area contributed by atoms with Crippen molar-refractivity contribution in [3.05, 3.63) is 67.6 Å². The van der Waals surface area contributed by atoms with E-state index in [4.69, 9.17) is 5.11 Å². The molecule has 0 aliphatic heterocycles. The van der Waals surface area contributed by atoms with E-state index >= 15 is 0 Å². The molecule has 0 radical (unpaired) electrons. The van der Waals surface area contributed by atoms with Gasteiger partial charge in [-0.25, -0.2) is 4.79 Å². The average Bonchev–Trinajstić information content (AvgIpc) is 2.59. The normalized spacial score (nSPS) is 10.2. The molecule has 0 saturated carbocycles. The summed E-state index contributed by atoms with van der Waals surface area (Å²) >= 11 is 6.70. The number of benzene rings is 2. The van der Waals surface area contributed by atoms with Crippen molar-refractivity contribution in [2.45, 2.75) is 13.8 Å². The minimum Gasteiger partial charge on any atom is -0.478 e. The van der Waals surface area contributed by atoms with Crippen LogP contribution in [-0.2, 0) is 0 Å². The van der Waals surface area contributed by atoms with Crippen molar-refractivity contribution in [2.24, 2.45) is 0 Å². The van der Waals surface area contributed by atoms with Crippen LogP contribution in [0.15, 0.2) is 45.3 Å². The summed E-state index contributed by atoms with van der Waals surface area (Å²) < 4.78 is 1.96. The Hall–Kier alpha value is -1.70. The number of carbonyl (C=O) groups excluding carboxylic acids is 1. The average molecular weight is 500 g/mol. The maximum absolute atomic E-state index is 11.7. The molecule has 0 aliphatic carbocycles. The van der Waals surface area contributed by atoms with Crippen molar-refractivity contribution in [1.82, 2.24) is 10.2 Å². The van der Waals surface area contributed by atoms with Gasteiger partial charge in [0.25, 0.3) is 5.91 Å². The quantitative estimate of drug-likeness (QED) is 0.635. The number of likely N-dealkylation sites (N-methyl/N-ethyl adjacent to an activating group) is 1. The Balaban J connectivity index is 0.000000289. The SMILES string of the molecule is Cc1cc(C(=O)NCCN(C)C)ccc1Br.Cc1cc(C(=O)O)ccc1Br. The monoisotopic (exact) mass is 498 g/mol. The molecule has 0 aromatic heterocycles. The zero-order valence-electron chi connectivity index (χ0n) is 15.8. The van der Waals surface area contributed by atoms with E-state index in [1.807, 2.05) is 51.0 Å². The molecular weight excluding hydrogens is 476 g/mol. The number of carbonyl (C=O) groups is 2. The fourth-order valence-electron chi connectivity index (χ4n) is 2.06. The minimum atomic E-state index is -0.888. The summed E-state index contributed by atoms with van der Waals surface area (Å²) in [5.41, 5.74) is 3.04. The van der Waals surface area contributed by atoms with Gasteiger partial charge >= 0.3 is 5.97 Å². The van der Waals surface area contributed by atoms with E-state index in [1.165, 1.54) is 0 Å². The van der Waals surface area contributed by atoms with E-state index in [0.29, 0.717) is 17.7 Å². The fourth-order valence-corrected chi connectivity index (χ4v) is 2.55. The van der Waals surface area contributed by atoms with Crippen molar-refractivity contribution < 1.29 is 14.7 Å². The van der Waals surface area contributed by atoms with Crippen molar-refractivity contribution in [2.75, 3.05) is 27.2 Å². The number of hydrogen-bond acceptors (Lipinski definition) is 3. The largest absolute Gasteiger partial charge is 0.478 e. The van der Waals surface area contributed by atoms with Crippen LogP contribution in [0.4, 0.5) is 0 Å². The molecule has 146 valence electrons. The lowest BCUT2D eigenvalue weighted by Crippen LogP contribution is -2.31. The number of nitrogens with one attached hydrogen (secondary N) is 1. The van der Waals surface area contributed by atoms with Gasteiger partial charge in [-0.3, -0.25) is 4.79 Å². The standard InChI is InChI=1S/C12H17BrN2O.C8H7BrO2/c1-9-8-10(4-5-11(9)13)12(16)14-6-7-15(2)3;1-5-4-6(8(10)11)2-3-7(5)9/h4-5,8H,6-7H2,1-3H3,(H,14,16);2-4H,1H3,(H,10,11). The Kier molecular flexibility index (Phi) is 9.69. The molecule has 0 aliphatic rings. The summed E-state index contributed by atoms with van der Waals surface area (Å²) in [6, 6.07) is 10.5. The van der Waals surface area contributed by atoms with Gasteiger partial charge < -0.3 is 15.3 Å². The zero-order valence-corrected chi connectivity index (χ0v) is 19.0. The first-order valence-electron chi connectivity index (χ1n) is 8.30. The molecule has 0 heterocycles. The van der Waals surface area contributed by atoms with Crippen molar-refractivity contribution in [3.63, 3.8) is 0 Å². The molecule has 0 atom stereocenters. The fraction of sp³-hybridized carbons (Fsp3) is 0.300. The molecule has 2 rings (SSSR count). The van der Waals surface area contributed by atoms with Crippen LogP contribution >= 0.6 is 31.9 Å². The summed E-state index contributed by atoms with van der Waals surface area (Å²) in [4.78, 5) is 24.2. The molecule has 2 aromatic rings. The maximum atomic E-state index is 11.7. The summed E-state index contributed by atoms with van der Waals surface area (Å²) in [5, 5.41) is 11.5. The summed E-state index contributed by atoms with van der Waals surface area (Å²) in [6.07, 6.45) is 0. The van der Waals surface area contributed by atoms with Crippen molar-refractivity contribution in [3.8, 4) is 0 Å². The Bertz CT molecular complexity index is 808. The van der Waals surface area contributed by atoms with Gasteiger partial charge in [0.2, 0.25) is 0 Å². The zero-order chi connectivity index (χ0) is 20.6. The highest BCUT2D eigenvalue weighted by atomic mass is 79.9. The van der Waals surface area contributed by atoms with Crippen LogP contribution < -0.4 is 5.32 Å². The van der Waals surface area contributed by atoms with Gasteiger partial charge in [0.1, 0.15) is 0 Å². The van der Waals surface area contributed by atoms with Crippen LogP contribution in [0.25, 0.3) is 0 Å². The van der Waals surface area contributed by atoms with Crippen LogP contribution in [0, 0.1) is 13.8 Å². The number of halogens is 2. The molecule has 0 saturated heterocycles. The Morgan fingerprint density at radius 3 is 1.89 bits per heavy atom. The van der Waals surface area contributed by atoms with Gasteiger partial charge in [0.05, 0.1) is 5.56 Å². The lowest BCUT2D eigenvalue weighted by atomic mass is 10.1. The Morgan fingerprint density at radius 1 is 0.963 bits per heavy atom. The van der Waals surface area contributed by atoms with Gasteiger partial charge in [0, 0.05) is 27.6 Å². The highest BCUT2D eigenvalue weighted by Crippen LogP contribution is 2.17. The molecule has 2 aromatic carbocycles. The molecule has 2 N–H and O–H groups in total. The summed E-state index contributed by atoms with van der Waals surface area (Å²) in [7, 11) is 3.96. The molecule has 0 unspecified atom stereocenters. The second kappa shape index (κ2) is 11.2. The van der Waals surface area contributed by atoms with Gasteiger partial charge in [0.15, 0.2) is 0 Å². The number of amides is 1. The van der Waals surface area contributed by atoms with Gasteiger partial charge in [-0.1, -0.05) is 31.9 Å². The molecule has 27 heavy (non-hydrogen) atoms. The number of aryl methyl sites for hydroxylation is 2. The Morgan fingerprint density at radius 2 is 1.44 bits per heavy atom. The van der Waals surface area contributed by atoms with Gasteiger partial charge in [-0.15, -0.1) is 0 Å². The predicted molar refractivity (Wildman–Crippen MR) is 116 cm³/mol. The molecule has 5 nitrogen and oxygen atoms in total. The number of hydrogen-bond donors (Lipinski definition) is 2. The number of rotatable bonds is 5. The Labute approximate surface area is 177 Å². The number of nitrogens with zero attached hydrogens (tertiary/aromatic N) is 1. The summed E-state index contributed by atoms with van der Waals surface area (Å²) in [5.74, 6) is -0.905. The maximum Gasteiger partial charge on any atom is 0.335 e. The molecule has 0 spiro atoms. The van der Waals surface area contributed by atoms with Crippen molar-refractivity contribution >= 4 is 43.7 Å².